The quantitative estimate of drug-likeness (QED) is 0.603. The Bertz CT molecular complexity index is 1060. The zero-order valence-corrected chi connectivity index (χ0v) is 18.6. The molecule has 2 aliphatic rings. The Morgan fingerprint density at radius 2 is 1.81 bits per heavy atom. The molecule has 2 atom stereocenters. The Balaban J connectivity index is 1.29. The van der Waals surface area contributed by atoms with Crippen LogP contribution in [0.2, 0.25) is 0 Å². The number of hydrogen-bond acceptors (Lipinski definition) is 4. The minimum atomic E-state index is 0.518. The lowest BCUT2D eigenvalue weighted by Gasteiger charge is -2.36. The standard InChI is InChI=1S/C27H32N2O2/c1-30-23-13-10-21-7-6-20(25(21)16-23)8-11-22-18-29(15-14-28-22)27-5-3-4-19-9-12-24(31-2)17-26(19)27/h3-5,9-10,12-13,16-17,20,22,28H,6-8,11,14-15,18H2,1-2H3. The molecule has 0 aromatic heterocycles. The summed E-state index contributed by atoms with van der Waals surface area (Å²) in [5.74, 6) is 2.56. The maximum Gasteiger partial charge on any atom is 0.119 e. The van der Waals surface area contributed by atoms with Gasteiger partial charge in [-0.25, -0.2) is 0 Å². The van der Waals surface area contributed by atoms with Crippen LogP contribution in [-0.4, -0.2) is 39.9 Å². The lowest BCUT2D eigenvalue weighted by molar-refractivity contribution is 0.405. The van der Waals surface area contributed by atoms with Gasteiger partial charge in [0.2, 0.25) is 0 Å². The molecule has 31 heavy (non-hydrogen) atoms. The fourth-order valence-corrected chi connectivity index (χ4v) is 5.37. The van der Waals surface area contributed by atoms with Crippen LogP contribution in [0, 0.1) is 0 Å². The average molecular weight is 417 g/mol. The summed E-state index contributed by atoms with van der Waals surface area (Å²) in [6.45, 7) is 3.12. The number of nitrogens with zero attached hydrogens (tertiary/aromatic N) is 1. The lowest BCUT2D eigenvalue weighted by atomic mass is 9.93. The van der Waals surface area contributed by atoms with Crippen molar-refractivity contribution in [3.8, 4) is 11.5 Å². The van der Waals surface area contributed by atoms with E-state index in [0.29, 0.717) is 12.0 Å². The van der Waals surface area contributed by atoms with Crippen LogP contribution in [0.5, 0.6) is 11.5 Å². The zero-order valence-electron chi connectivity index (χ0n) is 18.6. The maximum atomic E-state index is 5.49. The summed E-state index contributed by atoms with van der Waals surface area (Å²) in [7, 11) is 3.50. The number of rotatable bonds is 6. The normalized spacial score (nSPS) is 20.6. The largest absolute Gasteiger partial charge is 0.497 e. The van der Waals surface area contributed by atoms with Gasteiger partial charge in [-0.2, -0.15) is 0 Å². The van der Waals surface area contributed by atoms with Gasteiger partial charge in [-0.05, 0) is 78.4 Å². The molecule has 1 fully saturated rings. The summed E-state index contributed by atoms with van der Waals surface area (Å²) in [5, 5.41) is 6.31. The van der Waals surface area contributed by atoms with Crippen molar-refractivity contribution in [2.45, 2.75) is 37.6 Å². The van der Waals surface area contributed by atoms with E-state index in [2.05, 4.69) is 58.7 Å². The summed E-state index contributed by atoms with van der Waals surface area (Å²) in [4.78, 5) is 2.55. The van der Waals surface area contributed by atoms with Crippen LogP contribution in [0.25, 0.3) is 10.8 Å². The van der Waals surface area contributed by atoms with Crippen molar-refractivity contribution in [2.75, 3.05) is 38.8 Å². The van der Waals surface area contributed by atoms with Crippen LogP contribution in [0.3, 0.4) is 0 Å². The first-order chi connectivity index (χ1) is 15.2. The van der Waals surface area contributed by atoms with Gasteiger partial charge in [-0.3, -0.25) is 0 Å². The number of benzene rings is 3. The van der Waals surface area contributed by atoms with Gasteiger partial charge in [0.15, 0.2) is 0 Å². The van der Waals surface area contributed by atoms with E-state index in [1.807, 2.05) is 6.07 Å². The molecule has 4 heteroatoms. The van der Waals surface area contributed by atoms with Gasteiger partial charge in [-0.1, -0.05) is 24.3 Å². The number of ether oxygens (including phenoxy) is 2. The fraction of sp³-hybridized carbons (Fsp3) is 0.407. The van der Waals surface area contributed by atoms with Gasteiger partial charge in [0, 0.05) is 36.7 Å². The number of aryl methyl sites for hydroxylation is 1. The summed E-state index contributed by atoms with van der Waals surface area (Å²) in [5.41, 5.74) is 4.33. The van der Waals surface area contributed by atoms with Gasteiger partial charge >= 0.3 is 0 Å². The minimum absolute atomic E-state index is 0.518. The van der Waals surface area contributed by atoms with Gasteiger partial charge in [-0.15, -0.1) is 0 Å². The first-order valence-corrected chi connectivity index (χ1v) is 11.5. The van der Waals surface area contributed by atoms with E-state index < -0.39 is 0 Å². The van der Waals surface area contributed by atoms with Gasteiger partial charge in [0.05, 0.1) is 14.2 Å². The minimum Gasteiger partial charge on any atom is -0.497 e. The van der Waals surface area contributed by atoms with Crippen LogP contribution in [0.15, 0.2) is 54.6 Å². The van der Waals surface area contributed by atoms with Gasteiger partial charge in [0.1, 0.15) is 11.5 Å². The van der Waals surface area contributed by atoms with Crippen molar-refractivity contribution in [3.63, 3.8) is 0 Å². The Morgan fingerprint density at radius 3 is 2.68 bits per heavy atom. The van der Waals surface area contributed by atoms with Crippen LogP contribution in [-0.2, 0) is 6.42 Å². The average Bonchev–Trinajstić information content (AvgIpc) is 3.24. The molecule has 5 rings (SSSR count). The number of piperazine rings is 1. The van der Waals surface area contributed by atoms with E-state index in [9.17, 15) is 0 Å². The highest BCUT2D eigenvalue weighted by Gasteiger charge is 2.26. The van der Waals surface area contributed by atoms with Crippen LogP contribution < -0.4 is 19.7 Å². The second kappa shape index (κ2) is 8.80. The fourth-order valence-electron chi connectivity index (χ4n) is 5.37. The van der Waals surface area contributed by atoms with E-state index in [-0.39, 0.29) is 0 Å². The second-order valence-corrected chi connectivity index (χ2v) is 8.84. The maximum absolute atomic E-state index is 5.49. The number of anilines is 1. The van der Waals surface area contributed by atoms with Gasteiger partial charge < -0.3 is 19.7 Å². The third-order valence-electron chi connectivity index (χ3n) is 7.08. The van der Waals surface area contributed by atoms with E-state index in [0.717, 1.165) is 31.1 Å². The number of methoxy groups -OCH3 is 2. The van der Waals surface area contributed by atoms with Crippen LogP contribution in [0.1, 0.15) is 36.3 Å². The van der Waals surface area contributed by atoms with E-state index in [1.165, 1.54) is 53.3 Å². The molecule has 1 aliphatic heterocycles. The summed E-state index contributed by atoms with van der Waals surface area (Å²) in [6, 6.07) is 20.1. The molecule has 3 aromatic rings. The van der Waals surface area contributed by atoms with Gasteiger partial charge in [0.25, 0.3) is 0 Å². The van der Waals surface area contributed by atoms with Crippen molar-refractivity contribution in [2.24, 2.45) is 0 Å². The van der Waals surface area contributed by atoms with Crippen molar-refractivity contribution in [3.05, 3.63) is 65.7 Å². The zero-order chi connectivity index (χ0) is 21.2. The molecule has 4 nitrogen and oxygen atoms in total. The highest BCUT2D eigenvalue weighted by Crippen LogP contribution is 2.39. The molecule has 3 aromatic carbocycles. The molecule has 2 unspecified atom stereocenters. The van der Waals surface area contributed by atoms with Crippen molar-refractivity contribution in [1.29, 1.82) is 0 Å². The highest BCUT2D eigenvalue weighted by atomic mass is 16.5. The Hall–Kier alpha value is -2.72. The van der Waals surface area contributed by atoms with E-state index in [4.69, 9.17) is 9.47 Å². The third kappa shape index (κ3) is 4.09. The first-order valence-electron chi connectivity index (χ1n) is 11.5. The summed E-state index contributed by atoms with van der Waals surface area (Å²) < 4.78 is 11.0. The van der Waals surface area contributed by atoms with E-state index >= 15 is 0 Å². The van der Waals surface area contributed by atoms with Crippen molar-refractivity contribution in [1.82, 2.24) is 5.32 Å². The molecule has 1 saturated heterocycles. The molecule has 1 heterocycles. The monoisotopic (exact) mass is 416 g/mol. The van der Waals surface area contributed by atoms with E-state index in [1.54, 1.807) is 14.2 Å². The molecule has 0 bridgehead atoms. The molecule has 1 aliphatic carbocycles. The predicted octanol–water partition coefficient (Wildman–Crippen LogP) is 5.15. The molecular weight excluding hydrogens is 384 g/mol. The summed E-state index contributed by atoms with van der Waals surface area (Å²) in [6.07, 6.45) is 4.90. The molecule has 0 saturated carbocycles. The van der Waals surface area contributed by atoms with Crippen molar-refractivity contribution >= 4 is 16.5 Å². The Labute approximate surface area is 185 Å². The molecule has 0 amide bonds. The lowest BCUT2D eigenvalue weighted by Crippen LogP contribution is -2.50. The number of hydrogen-bond donors (Lipinski definition) is 1. The van der Waals surface area contributed by atoms with Crippen LogP contribution in [0.4, 0.5) is 5.69 Å². The molecule has 0 spiro atoms. The topological polar surface area (TPSA) is 33.7 Å². The van der Waals surface area contributed by atoms with Crippen LogP contribution >= 0.6 is 0 Å². The summed E-state index contributed by atoms with van der Waals surface area (Å²) >= 11 is 0. The Morgan fingerprint density at radius 1 is 0.968 bits per heavy atom. The van der Waals surface area contributed by atoms with Crippen molar-refractivity contribution < 1.29 is 9.47 Å². The number of nitrogens with one attached hydrogen (secondary N) is 1. The molecule has 162 valence electrons. The molecule has 0 radical (unpaired) electrons. The highest BCUT2D eigenvalue weighted by molar-refractivity contribution is 5.95. The Kier molecular flexibility index (Phi) is 5.73. The third-order valence-corrected chi connectivity index (χ3v) is 7.08. The smallest absolute Gasteiger partial charge is 0.119 e. The predicted molar refractivity (Wildman–Crippen MR) is 128 cm³/mol. The second-order valence-electron chi connectivity index (χ2n) is 8.84. The SMILES string of the molecule is COc1ccc2c(c1)C(CCC1CN(c3cccc4ccc(OC)cc34)CCN1)CC2. The molecule has 1 N–H and O–H groups in total. The molecular formula is C27H32N2O2. The first kappa shape index (κ1) is 20.2. The number of fused-ring (bicyclic) bond motifs is 2.